The highest BCUT2D eigenvalue weighted by atomic mass is 16.5. The number of ether oxygens (including phenoxy) is 1. The van der Waals surface area contributed by atoms with E-state index in [0.717, 1.165) is 37.4 Å². The predicted octanol–water partition coefficient (Wildman–Crippen LogP) is 1.54. The summed E-state index contributed by atoms with van der Waals surface area (Å²) in [6, 6.07) is 0. The summed E-state index contributed by atoms with van der Waals surface area (Å²) < 4.78 is 5.46. The molecule has 2 bridgehead atoms. The van der Waals surface area contributed by atoms with Crippen LogP contribution in [0.15, 0.2) is 0 Å². The maximum atomic E-state index is 6.43. The Morgan fingerprint density at radius 1 is 1.23 bits per heavy atom. The van der Waals surface area contributed by atoms with E-state index < -0.39 is 0 Å². The Labute approximate surface area is 79.8 Å². The summed E-state index contributed by atoms with van der Waals surface area (Å²) in [5.74, 6) is 2.74. The monoisotopic (exact) mass is 181 g/mol. The van der Waals surface area contributed by atoms with Gasteiger partial charge >= 0.3 is 0 Å². The number of fused-ring (bicyclic) bond motifs is 2. The van der Waals surface area contributed by atoms with Crippen molar-refractivity contribution in [2.45, 2.75) is 37.6 Å². The molecule has 3 fully saturated rings. The Balaban J connectivity index is 1.78. The van der Waals surface area contributed by atoms with Crippen LogP contribution < -0.4 is 5.73 Å². The standard InChI is InChI=1S/C11H19NO/c12-11(3-4-13-7-11)10-6-8-1-2-9(10)5-8/h8-10H,1-7,12H2. The van der Waals surface area contributed by atoms with Gasteiger partial charge in [-0.15, -0.1) is 0 Å². The van der Waals surface area contributed by atoms with Gasteiger partial charge in [0.05, 0.1) is 6.61 Å². The van der Waals surface area contributed by atoms with Gasteiger partial charge in [-0.1, -0.05) is 6.42 Å². The second-order valence-electron chi connectivity index (χ2n) is 5.32. The van der Waals surface area contributed by atoms with Gasteiger partial charge in [-0.2, -0.15) is 0 Å². The molecule has 2 saturated carbocycles. The lowest BCUT2D eigenvalue weighted by Crippen LogP contribution is -2.49. The van der Waals surface area contributed by atoms with Crippen molar-refractivity contribution in [2.24, 2.45) is 23.5 Å². The summed E-state index contributed by atoms with van der Waals surface area (Å²) in [5.41, 5.74) is 6.48. The molecule has 2 N–H and O–H groups in total. The van der Waals surface area contributed by atoms with E-state index in [1.807, 2.05) is 0 Å². The Morgan fingerprint density at radius 3 is 2.69 bits per heavy atom. The van der Waals surface area contributed by atoms with E-state index >= 15 is 0 Å². The third-order valence-corrected chi connectivity index (χ3v) is 4.56. The van der Waals surface area contributed by atoms with Crippen LogP contribution in [0.5, 0.6) is 0 Å². The topological polar surface area (TPSA) is 35.2 Å². The molecule has 0 radical (unpaired) electrons. The number of hydrogen-bond donors (Lipinski definition) is 1. The Hall–Kier alpha value is -0.0800. The minimum absolute atomic E-state index is 0.0554. The Morgan fingerprint density at radius 2 is 2.15 bits per heavy atom. The maximum Gasteiger partial charge on any atom is 0.0649 e. The van der Waals surface area contributed by atoms with E-state index in [0.29, 0.717) is 0 Å². The van der Waals surface area contributed by atoms with E-state index in [9.17, 15) is 0 Å². The molecule has 2 nitrogen and oxygen atoms in total. The van der Waals surface area contributed by atoms with Crippen molar-refractivity contribution in [2.75, 3.05) is 13.2 Å². The summed E-state index contributed by atoms with van der Waals surface area (Å²) in [5, 5.41) is 0. The molecule has 13 heavy (non-hydrogen) atoms. The molecule has 3 rings (SSSR count). The molecule has 2 heteroatoms. The molecule has 1 saturated heterocycles. The minimum atomic E-state index is 0.0554. The summed E-state index contributed by atoms with van der Waals surface area (Å²) in [6.45, 7) is 1.71. The van der Waals surface area contributed by atoms with Crippen molar-refractivity contribution in [3.8, 4) is 0 Å². The van der Waals surface area contributed by atoms with E-state index in [2.05, 4.69) is 0 Å². The lowest BCUT2D eigenvalue weighted by atomic mass is 9.74. The second kappa shape index (κ2) is 2.71. The van der Waals surface area contributed by atoms with Crippen LogP contribution >= 0.6 is 0 Å². The fourth-order valence-corrected chi connectivity index (χ4v) is 3.84. The summed E-state index contributed by atoms with van der Waals surface area (Å²) in [7, 11) is 0. The fourth-order valence-electron chi connectivity index (χ4n) is 3.84. The van der Waals surface area contributed by atoms with Gasteiger partial charge in [0, 0.05) is 12.1 Å². The molecular weight excluding hydrogens is 162 g/mol. The Bertz CT molecular complexity index is 210. The van der Waals surface area contributed by atoms with Gasteiger partial charge in [0.15, 0.2) is 0 Å². The van der Waals surface area contributed by atoms with Crippen LogP contribution in [0.1, 0.15) is 32.1 Å². The molecule has 1 aliphatic heterocycles. The van der Waals surface area contributed by atoms with Gasteiger partial charge in [0.25, 0.3) is 0 Å². The molecular formula is C11H19NO. The lowest BCUT2D eigenvalue weighted by molar-refractivity contribution is 0.133. The molecule has 4 unspecified atom stereocenters. The third-order valence-electron chi connectivity index (χ3n) is 4.56. The van der Waals surface area contributed by atoms with Gasteiger partial charge in [-0.25, -0.2) is 0 Å². The van der Waals surface area contributed by atoms with Gasteiger partial charge in [-0.05, 0) is 43.4 Å². The van der Waals surface area contributed by atoms with E-state index in [1.54, 1.807) is 0 Å². The van der Waals surface area contributed by atoms with Crippen LogP contribution in [-0.4, -0.2) is 18.8 Å². The third kappa shape index (κ3) is 1.15. The Kier molecular flexibility index (Phi) is 1.72. The van der Waals surface area contributed by atoms with Crippen molar-refractivity contribution in [3.05, 3.63) is 0 Å². The molecule has 4 atom stereocenters. The van der Waals surface area contributed by atoms with Gasteiger partial charge in [0.1, 0.15) is 0 Å². The van der Waals surface area contributed by atoms with E-state index in [-0.39, 0.29) is 5.54 Å². The SMILES string of the molecule is NC1(C2CC3CCC2C3)CCOC1. The molecule has 0 aromatic rings. The van der Waals surface area contributed by atoms with Crippen molar-refractivity contribution < 1.29 is 4.74 Å². The molecule has 0 spiro atoms. The van der Waals surface area contributed by atoms with Crippen LogP contribution in [0.4, 0.5) is 0 Å². The molecule has 3 aliphatic rings. The van der Waals surface area contributed by atoms with Crippen LogP contribution in [0.3, 0.4) is 0 Å². The molecule has 1 heterocycles. The zero-order valence-corrected chi connectivity index (χ0v) is 8.17. The van der Waals surface area contributed by atoms with Crippen LogP contribution in [-0.2, 0) is 4.74 Å². The van der Waals surface area contributed by atoms with Gasteiger partial charge in [-0.3, -0.25) is 0 Å². The lowest BCUT2D eigenvalue weighted by Gasteiger charge is -2.35. The summed E-state index contributed by atoms with van der Waals surface area (Å²) in [6.07, 6.45) is 6.86. The van der Waals surface area contributed by atoms with Crippen molar-refractivity contribution in [3.63, 3.8) is 0 Å². The van der Waals surface area contributed by atoms with Crippen LogP contribution in [0.25, 0.3) is 0 Å². The maximum absolute atomic E-state index is 6.43. The first-order chi connectivity index (χ1) is 6.28. The van der Waals surface area contributed by atoms with E-state index in [4.69, 9.17) is 10.5 Å². The predicted molar refractivity (Wildman–Crippen MR) is 51.3 cm³/mol. The van der Waals surface area contributed by atoms with Crippen molar-refractivity contribution in [1.29, 1.82) is 0 Å². The normalized spacial score (nSPS) is 54.7. The highest BCUT2D eigenvalue weighted by molar-refractivity contribution is 5.04. The molecule has 0 amide bonds. The minimum Gasteiger partial charge on any atom is -0.379 e. The highest BCUT2D eigenvalue weighted by Gasteiger charge is 2.50. The molecule has 2 aliphatic carbocycles. The van der Waals surface area contributed by atoms with Gasteiger partial charge < -0.3 is 10.5 Å². The summed E-state index contributed by atoms with van der Waals surface area (Å²) >= 11 is 0. The van der Waals surface area contributed by atoms with Crippen LogP contribution in [0.2, 0.25) is 0 Å². The smallest absolute Gasteiger partial charge is 0.0649 e. The van der Waals surface area contributed by atoms with E-state index in [1.165, 1.54) is 25.7 Å². The largest absolute Gasteiger partial charge is 0.379 e. The zero-order valence-electron chi connectivity index (χ0n) is 8.17. The summed E-state index contributed by atoms with van der Waals surface area (Å²) in [4.78, 5) is 0. The van der Waals surface area contributed by atoms with Crippen molar-refractivity contribution in [1.82, 2.24) is 0 Å². The van der Waals surface area contributed by atoms with Gasteiger partial charge in [0.2, 0.25) is 0 Å². The highest BCUT2D eigenvalue weighted by Crippen LogP contribution is 2.52. The number of nitrogens with two attached hydrogens (primary N) is 1. The molecule has 74 valence electrons. The fraction of sp³-hybridized carbons (Fsp3) is 1.00. The first-order valence-electron chi connectivity index (χ1n) is 5.64. The van der Waals surface area contributed by atoms with Crippen LogP contribution in [0, 0.1) is 17.8 Å². The molecule has 0 aromatic carbocycles. The second-order valence-corrected chi connectivity index (χ2v) is 5.32. The first kappa shape index (κ1) is 8.25. The van der Waals surface area contributed by atoms with Crippen molar-refractivity contribution >= 4 is 0 Å². The first-order valence-corrected chi connectivity index (χ1v) is 5.64. The number of hydrogen-bond acceptors (Lipinski definition) is 2. The zero-order chi connectivity index (χ0) is 8.89. The molecule has 0 aromatic heterocycles. The number of rotatable bonds is 1. The average Bonchev–Trinajstić information content (AvgIpc) is 2.77. The quantitative estimate of drug-likeness (QED) is 0.666. The average molecular weight is 181 g/mol.